The highest BCUT2D eigenvalue weighted by molar-refractivity contribution is 6.01. The number of aromatic nitrogens is 3. The van der Waals surface area contributed by atoms with E-state index in [1.165, 1.54) is 12.4 Å². The standard InChI is InChI=1S/C23H27F3N6O2/c1-5-32(4)22(34)15-7-17-18(11-29-20(17)28-9-15)14-6-16(10-27-8-14)31-19(13(2)3)21(33)30-12-23(24,25)26/h6-11,13,19,31H,5,12H2,1-4H3,(H,28,29)(H,30,33)/t19-/m1/s1. The number of carbonyl (C=O) groups excluding carboxylic acids is 2. The molecule has 0 bridgehead atoms. The van der Waals surface area contributed by atoms with Gasteiger partial charge in [0.15, 0.2) is 0 Å². The number of hydrogen-bond donors (Lipinski definition) is 3. The van der Waals surface area contributed by atoms with Gasteiger partial charge >= 0.3 is 6.18 Å². The second-order valence-corrected chi connectivity index (χ2v) is 8.30. The van der Waals surface area contributed by atoms with Crippen LogP contribution in [-0.2, 0) is 4.79 Å². The van der Waals surface area contributed by atoms with Crippen molar-refractivity contribution in [3.63, 3.8) is 0 Å². The molecular formula is C23H27F3N6O2. The molecule has 1 atom stereocenters. The molecular weight excluding hydrogens is 449 g/mol. The van der Waals surface area contributed by atoms with Crippen LogP contribution < -0.4 is 10.6 Å². The number of amides is 2. The van der Waals surface area contributed by atoms with Crippen molar-refractivity contribution in [3.8, 4) is 11.1 Å². The number of nitrogens with zero attached hydrogens (tertiary/aromatic N) is 3. The maximum atomic E-state index is 12.6. The lowest BCUT2D eigenvalue weighted by atomic mass is 10.0. The Morgan fingerprint density at radius 1 is 1.18 bits per heavy atom. The smallest absolute Gasteiger partial charge is 0.372 e. The highest BCUT2D eigenvalue weighted by Gasteiger charge is 2.30. The summed E-state index contributed by atoms with van der Waals surface area (Å²) in [6.45, 7) is 4.51. The fourth-order valence-corrected chi connectivity index (χ4v) is 3.40. The molecule has 3 heterocycles. The largest absolute Gasteiger partial charge is 0.405 e. The molecule has 0 fully saturated rings. The van der Waals surface area contributed by atoms with Gasteiger partial charge in [-0.1, -0.05) is 13.8 Å². The van der Waals surface area contributed by atoms with Crippen molar-refractivity contribution in [3.05, 3.63) is 42.5 Å². The molecule has 0 unspecified atom stereocenters. The Labute approximate surface area is 195 Å². The molecule has 0 aromatic carbocycles. The molecule has 182 valence electrons. The van der Waals surface area contributed by atoms with Crippen molar-refractivity contribution >= 4 is 28.5 Å². The number of halogens is 3. The van der Waals surface area contributed by atoms with Gasteiger partial charge in [-0.05, 0) is 25.0 Å². The van der Waals surface area contributed by atoms with E-state index in [2.05, 4.69) is 20.3 Å². The van der Waals surface area contributed by atoms with Crippen molar-refractivity contribution in [1.82, 2.24) is 25.2 Å². The molecule has 0 saturated heterocycles. The van der Waals surface area contributed by atoms with Crippen LogP contribution in [0.5, 0.6) is 0 Å². The number of H-pyrrole nitrogens is 1. The lowest BCUT2D eigenvalue weighted by molar-refractivity contribution is -0.139. The zero-order valence-electron chi connectivity index (χ0n) is 19.3. The summed E-state index contributed by atoms with van der Waals surface area (Å²) < 4.78 is 37.5. The molecule has 34 heavy (non-hydrogen) atoms. The van der Waals surface area contributed by atoms with Gasteiger partial charge in [-0.25, -0.2) is 4.98 Å². The number of anilines is 1. The predicted molar refractivity (Wildman–Crippen MR) is 123 cm³/mol. The average Bonchev–Trinajstić information content (AvgIpc) is 3.22. The van der Waals surface area contributed by atoms with Gasteiger partial charge in [-0.15, -0.1) is 0 Å². The van der Waals surface area contributed by atoms with Crippen LogP contribution in [0.1, 0.15) is 31.1 Å². The molecule has 0 aliphatic rings. The molecule has 3 aromatic rings. The van der Waals surface area contributed by atoms with Gasteiger partial charge in [0.1, 0.15) is 18.2 Å². The van der Waals surface area contributed by atoms with Crippen LogP contribution in [0.4, 0.5) is 18.9 Å². The topological polar surface area (TPSA) is 103 Å². The van der Waals surface area contributed by atoms with Crippen molar-refractivity contribution in [2.24, 2.45) is 5.92 Å². The summed E-state index contributed by atoms with van der Waals surface area (Å²) in [6, 6.07) is 2.61. The Morgan fingerprint density at radius 3 is 2.56 bits per heavy atom. The summed E-state index contributed by atoms with van der Waals surface area (Å²) in [4.78, 5) is 38.1. The van der Waals surface area contributed by atoms with E-state index in [0.29, 0.717) is 29.0 Å². The Balaban J connectivity index is 1.88. The Kier molecular flexibility index (Phi) is 7.43. The third-order valence-electron chi connectivity index (χ3n) is 5.38. The minimum atomic E-state index is -4.49. The number of pyridine rings is 2. The second kappa shape index (κ2) is 10.1. The first-order valence-corrected chi connectivity index (χ1v) is 10.8. The van der Waals surface area contributed by atoms with E-state index in [1.54, 1.807) is 50.3 Å². The molecule has 2 amide bonds. The van der Waals surface area contributed by atoms with Gasteiger partial charge in [0, 0.05) is 54.9 Å². The fraction of sp³-hybridized carbons (Fsp3) is 0.391. The quantitative estimate of drug-likeness (QED) is 0.459. The molecule has 3 rings (SSSR count). The molecule has 0 radical (unpaired) electrons. The van der Waals surface area contributed by atoms with Gasteiger partial charge in [0.25, 0.3) is 5.91 Å². The Morgan fingerprint density at radius 2 is 1.91 bits per heavy atom. The van der Waals surface area contributed by atoms with Crippen LogP contribution in [-0.4, -0.2) is 64.0 Å². The van der Waals surface area contributed by atoms with Crippen LogP contribution in [0, 0.1) is 5.92 Å². The number of fused-ring (bicyclic) bond motifs is 1. The van der Waals surface area contributed by atoms with Crippen LogP contribution in [0.15, 0.2) is 36.9 Å². The van der Waals surface area contributed by atoms with E-state index in [4.69, 9.17) is 0 Å². The van der Waals surface area contributed by atoms with Gasteiger partial charge in [0.2, 0.25) is 5.91 Å². The fourth-order valence-electron chi connectivity index (χ4n) is 3.40. The van der Waals surface area contributed by atoms with Crippen LogP contribution >= 0.6 is 0 Å². The highest BCUT2D eigenvalue weighted by atomic mass is 19.4. The molecule has 0 aliphatic carbocycles. The van der Waals surface area contributed by atoms with Gasteiger partial charge < -0.3 is 20.5 Å². The van der Waals surface area contributed by atoms with Crippen molar-refractivity contribution in [2.75, 3.05) is 25.5 Å². The minimum Gasteiger partial charge on any atom is -0.372 e. The Bertz CT molecular complexity index is 1170. The second-order valence-electron chi connectivity index (χ2n) is 8.30. The number of alkyl halides is 3. The molecule has 0 saturated carbocycles. The first-order chi connectivity index (χ1) is 16.0. The summed E-state index contributed by atoms with van der Waals surface area (Å²) >= 11 is 0. The molecule has 3 N–H and O–H groups in total. The van der Waals surface area contributed by atoms with E-state index in [-0.39, 0.29) is 11.8 Å². The number of hydrogen-bond acceptors (Lipinski definition) is 5. The number of carbonyl (C=O) groups is 2. The van der Waals surface area contributed by atoms with Crippen molar-refractivity contribution < 1.29 is 22.8 Å². The first-order valence-electron chi connectivity index (χ1n) is 10.8. The van der Waals surface area contributed by atoms with E-state index < -0.39 is 24.7 Å². The Hall–Kier alpha value is -3.63. The van der Waals surface area contributed by atoms with E-state index >= 15 is 0 Å². The van der Waals surface area contributed by atoms with Crippen molar-refractivity contribution in [2.45, 2.75) is 33.0 Å². The molecule has 8 nitrogen and oxygen atoms in total. The highest BCUT2D eigenvalue weighted by Crippen LogP contribution is 2.30. The minimum absolute atomic E-state index is 0.151. The third kappa shape index (κ3) is 5.83. The zero-order chi connectivity index (χ0) is 25.0. The van der Waals surface area contributed by atoms with Gasteiger partial charge in [-0.3, -0.25) is 14.6 Å². The normalized spacial score (nSPS) is 12.6. The average molecular weight is 477 g/mol. The van der Waals surface area contributed by atoms with E-state index in [9.17, 15) is 22.8 Å². The molecule has 0 spiro atoms. The summed E-state index contributed by atoms with van der Waals surface area (Å²) in [6.07, 6.45) is 1.88. The van der Waals surface area contributed by atoms with Gasteiger partial charge in [0.05, 0.1) is 11.3 Å². The lowest BCUT2D eigenvalue weighted by Gasteiger charge is -2.23. The number of aromatic amines is 1. The molecule has 3 aromatic heterocycles. The summed E-state index contributed by atoms with van der Waals surface area (Å²) in [5.74, 6) is -1.18. The molecule has 0 aliphatic heterocycles. The predicted octanol–water partition coefficient (Wildman–Crippen LogP) is 3.83. The zero-order valence-corrected chi connectivity index (χ0v) is 19.3. The molecule has 11 heteroatoms. The van der Waals surface area contributed by atoms with Crippen LogP contribution in [0.2, 0.25) is 0 Å². The van der Waals surface area contributed by atoms with Gasteiger partial charge in [-0.2, -0.15) is 13.2 Å². The van der Waals surface area contributed by atoms with E-state index in [0.717, 1.165) is 10.9 Å². The van der Waals surface area contributed by atoms with Crippen LogP contribution in [0.3, 0.4) is 0 Å². The maximum absolute atomic E-state index is 12.6. The van der Waals surface area contributed by atoms with Crippen molar-refractivity contribution in [1.29, 1.82) is 0 Å². The lowest BCUT2D eigenvalue weighted by Crippen LogP contribution is -2.46. The summed E-state index contributed by atoms with van der Waals surface area (Å²) in [5, 5.41) is 5.63. The summed E-state index contributed by atoms with van der Waals surface area (Å²) in [7, 11) is 1.71. The SMILES string of the molecule is CCN(C)C(=O)c1cnc2[nH]cc(-c3cncc(N[C@@H](C(=O)NCC(F)(F)F)C(C)C)c3)c2c1. The monoisotopic (exact) mass is 476 g/mol. The number of rotatable bonds is 8. The maximum Gasteiger partial charge on any atom is 0.405 e. The van der Waals surface area contributed by atoms with E-state index in [1.807, 2.05) is 12.2 Å². The summed E-state index contributed by atoms with van der Waals surface area (Å²) in [5.41, 5.74) is 2.94. The van der Waals surface area contributed by atoms with Crippen LogP contribution in [0.25, 0.3) is 22.2 Å². The first kappa shape index (κ1) is 25.0. The number of nitrogens with one attached hydrogen (secondary N) is 3. The third-order valence-corrected chi connectivity index (χ3v) is 5.38.